The Morgan fingerprint density at radius 1 is 1.18 bits per heavy atom. The zero-order valence-corrected chi connectivity index (χ0v) is 16.9. The van der Waals surface area contributed by atoms with Crippen molar-refractivity contribution in [1.82, 2.24) is 9.88 Å². The number of nitrogens with zero attached hydrogens (tertiary/aromatic N) is 1. The van der Waals surface area contributed by atoms with Crippen LogP contribution >= 0.6 is 23.2 Å². The summed E-state index contributed by atoms with van der Waals surface area (Å²) in [6.45, 7) is 2.87. The number of benzene rings is 2. The van der Waals surface area contributed by atoms with Crippen molar-refractivity contribution in [2.45, 2.75) is 25.9 Å². The fraction of sp³-hybridized carbons (Fsp3) is 0.286. The van der Waals surface area contributed by atoms with Gasteiger partial charge >= 0.3 is 0 Å². The lowest BCUT2D eigenvalue weighted by Crippen LogP contribution is -2.29. The standard InChI is InChI=1S/C21H22Cl2N4O/c22-14-1-2-19-18(10-14)17-4-6-27(12-20(17)26-19)11-13-7-15(23)9-16(8-13)25-21(28)3-5-24/h1-2,7-10,26H,3-6,11-12,24H2,(H,25,28). The van der Waals surface area contributed by atoms with E-state index in [1.807, 2.05) is 30.3 Å². The van der Waals surface area contributed by atoms with Crippen LogP contribution in [0.4, 0.5) is 5.69 Å². The summed E-state index contributed by atoms with van der Waals surface area (Å²) < 4.78 is 0. The maximum absolute atomic E-state index is 11.8. The Balaban J connectivity index is 1.50. The van der Waals surface area contributed by atoms with Crippen molar-refractivity contribution in [1.29, 1.82) is 0 Å². The number of amides is 1. The van der Waals surface area contributed by atoms with E-state index >= 15 is 0 Å². The number of nitrogens with two attached hydrogens (primary N) is 1. The number of aromatic amines is 1. The number of hydrogen-bond donors (Lipinski definition) is 3. The van der Waals surface area contributed by atoms with Crippen LogP contribution in [0.3, 0.4) is 0 Å². The van der Waals surface area contributed by atoms with Crippen molar-refractivity contribution >= 4 is 45.7 Å². The highest BCUT2D eigenvalue weighted by molar-refractivity contribution is 6.31. The van der Waals surface area contributed by atoms with Gasteiger partial charge in [-0.05, 0) is 53.9 Å². The third-order valence-electron chi connectivity index (χ3n) is 5.04. The Kier molecular flexibility index (Phi) is 5.60. The molecule has 0 saturated carbocycles. The number of aromatic nitrogens is 1. The second-order valence-electron chi connectivity index (χ2n) is 7.17. The van der Waals surface area contributed by atoms with Crippen molar-refractivity contribution in [2.24, 2.45) is 5.73 Å². The first-order valence-electron chi connectivity index (χ1n) is 9.32. The summed E-state index contributed by atoms with van der Waals surface area (Å²) in [5.74, 6) is -0.102. The van der Waals surface area contributed by atoms with E-state index < -0.39 is 0 Å². The smallest absolute Gasteiger partial charge is 0.225 e. The summed E-state index contributed by atoms with van der Waals surface area (Å²) >= 11 is 12.4. The van der Waals surface area contributed by atoms with Crippen LogP contribution in [-0.4, -0.2) is 28.9 Å². The summed E-state index contributed by atoms with van der Waals surface area (Å²) in [5, 5.41) is 5.45. The minimum atomic E-state index is -0.102. The number of hydrogen-bond acceptors (Lipinski definition) is 3. The second-order valence-corrected chi connectivity index (χ2v) is 8.04. The van der Waals surface area contributed by atoms with E-state index in [4.69, 9.17) is 28.9 Å². The Hall–Kier alpha value is -2.05. The maximum Gasteiger partial charge on any atom is 0.225 e. The van der Waals surface area contributed by atoms with Gasteiger partial charge in [0, 0.05) is 64.9 Å². The molecule has 5 nitrogen and oxygen atoms in total. The van der Waals surface area contributed by atoms with Crippen molar-refractivity contribution in [2.75, 3.05) is 18.4 Å². The van der Waals surface area contributed by atoms with E-state index in [1.165, 1.54) is 16.6 Å². The number of anilines is 1. The normalized spacial score (nSPS) is 14.2. The highest BCUT2D eigenvalue weighted by Gasteiger charge is 2.21. The molecule has 1 aliphatic rings. The summed E-state index contributed by atoms with van der Waals surface area (Å²) in [6.07, 6.45) is 1.26. The van der Waals surface area contributed by atoms with E-state index in [9.17, 15) is 4.79 Å². The molecule has 7 heteroatoms. The number of H-pyrrole nitrogens is 1. The topological polar surface area (TPSA) is 74.2 Å². The number of nitrogens with one attached hydrogen (secondary N) is 2. The van der Waals surface area contributed by atoms with E-state index in [0.717, 1.165) is 42.2 Å². The van der Waals surface area contributed by atoms with Gasteiger partial charge in [0.2, 0.25) is 5.91 Å². The second kappa shape index (κ2) is 8.13. The van der Waals surface area contributed by atoms with E-state index in [0.29, 0.717) is 23.7 Å². The van der Waals surface area contributed by atoms with Crippen LogP contribution in [0, 0.1) is 0 Å². The first kappa shape index (κ1) is 19.3. The Morgan fingerprint density at radius 3 is 2.86 bits per heavy atom. The molecule has 1 aliphatic heterocycles. The lowest BCUT2D eigenvalue weighted by molar-refractivity contribution is -0.116. The minimum Gasteiger partial charge on any atom is -0.357 e. The van der Waals surface area contributed by atoms with Gasteiger partial charge < -0.3 is 16.0 Å². The maximum atomic E-state index is 11.8. The molecule has 146 valence electrons. The van der Waals surface area contributed by atoms with Gasteiger partial charge in [-0.25, -0.2) is 0 Å². The van der Waals surface area contributed by atoms with Gasteiger partial charge in [-0.3, -0.25) is 9.69 Å². The first-order chi connectivity index (χ1) is 13.5. The van der Waals surface area contributed by atoms with Gasteiger partial charge in [-0.2, -0.15) is 0 Å². The molecular formula is C21H22Cl2N4O. The van der Waals surface area contributed by atoms with Crippen LogP contribution in [0.15, 0.2) is 36.4 Å². The van der Waals surface area contributed by atoms with Gasteiger partial charge in [0.05, 0.1) is 0 Å². The Bertz CT molecular complexity index is 1030. The number of carbonyl (C=O) groups excluding carboxylic acids is 1. The molecule has 4 rings (SSSR count). The van der Waals surface area contributed by atoms with Crippen LogP contribution in [0.1, 0.15) is 23.2 Å². The van der Waals surface area contributed by atoms with Crippen LogP contribution in [-0.2, 0) is 24.3 Å². The van der Waals surface area contributed by atoms with Crippen LogP contribution in [0.25, 0.3) is 10.9 Å². The number of rotatable bonds is 5. The third kappa shape index (κ3) is 4.18. The molecular weight excluding hydrogens is 395 g/mol. The Morgan fingerprint density at radius 2 is 2.04 bits per heavy atom. The van der Waals surface area contributed by atoms with Crippen LogP contribution < -0.4 is 11.1 Å². The highest BCUT2D eigenvalue weighted by atomic mass is 35.5. The number of carbonyl (C=O) groups is 1. The molecule has 1 amide bonds. The molecule has 1 aromatic heterocycles. The number of fused-ring (bicyclic) bond motifs is 3. The monoisotopic (exact) mass is 416 g/mol. The first-order valence-corrected chi connectivity index (χ1v) is 10.1. The molecule has 3 aromatic rings. The molecule has 0 saturated heterocycles. The summed E-state index contributed by atoms with van der Waals surface area (Å²) in [7, 11) is 0. The summed E-state index contributed by atoms with van der Waals surface area (Å²) in [5.41, 5.74) is 10.9. The zero-order valence-electron chi connectivity index (χ0n) is 15.4. The van der Waals surface area contributed by atoms with Crippen molar-refractivity contribution < 1.29 is 4.79 Å². The highest BCUT2D eigenvalue weighted by Crippen LogP contribution is 2.30. The molecule has 0 fully saturated rings. The quantitative estimate of drug-likeness (QED) is 0.579. The van der Waals surface area contributed by atoms with Gasteiger partial charge in [0.15, 0.2) is 0 Å². The zero-order chi connectivity index (χ0) is 19.7. The summed E-state index contributed by atoms with van der Waals surface area (Å²) in [6, 6.07) is 11.7. The van der Waals surface area contributed by atoms with Gasteiger partial charge in [-0.15, -0.1) is 0 Å². The molecule has 4 N–H and O–H groups in total. The van der Waals surface area contributed by atoms with Crippen LogP contribution in [0.5, 0.6) is 0 Å². The van der Waals surface area contributed by atoms with E-state index in [1.54, 1.807) is 6.07 Å². The van der Waals surface area contributed by atoms with Gasteiger partial charge in [0.1, 0.15) is 0 Å². The van der Waals surface area contributed by atoms with Gasteiger partial charge in [0.25, 0.3) is 0 Å². The molecule has 0 bridgehead atoms. The predicted molar refractivity (Wildman–Crippen MR) is 115 cm³/mol. The molecule has 0 atom stereocenters. The fourth-order valence-corrected chi connectivity index (χ4v) is 4.26. The lowest BCUT2D eigenvalue weighted by Gasteiger charge is -2.27. The molecule has 0 radical (unpaired) electrons. The van der Waals surface area contributed by atoms with Gasteiger partial charge in [-0.1, -0.05) is 23.2 Å². The largest absolute Gasteiger partial charge is 0.357 e. The molecule has 28 heavy (non-hydrogen) atoms. The molecule has 2 heterocycles. The van der Waals surface area contributed by atoms with Crippen LogP contribution in [0.2, 0.25) is 10.0 Å². The fourth-order valence-electron chi connectivity index (χ4n) is 3.83. The average molecular weight is 417 g/mol. The SMILES string of the molecule is NCCC(=O)Nc1cc(Cl)cc(CN2CCc3c([nH]c4ccc(Cl)cc34)C2)c1. The number of halogens is 2. The predicted octanol–water partition coefficient (Wildman–Crippen LogP) is 4.32. The van der Waals surface area contributed by atoms with Crippen molar-refractivity contribution in [3.05, 3.63) is 63.3 Å². The lowest BCUT2D eigenvalue weighted by atomic mass is 10.0. The molecule has 0 aliphatic carbocycles. The summed E-state index contributed by atoms with van der Waals surface area (Å²) in [4.78, 5) is 17.7. The third-order valence-corrected chi connectivity index (χ3v) is 5.49. The van der Waals surface area contributed by atoms with Crippen molar-refractivity contribution in [3.8, 4) is 0 Å². The minimum absolute atomic E-state index is 0.102. The molecule has 2 aromatic carbocycles. The molecule has 0 unspecified atom stereocenters. The average Bonchev–Trinajstić information content (AvgIpc) is 2.98. The van der Waals surface area contributed by atoms with E-state index in [2.05, 4.69) is 15.2 Å². The van der Waals surface area contributed by atoms with E-state index in [-0.39, 0.29) is 5.91 Å². The molecule has 0 spiro atoms. The Labute approximate surface area is 173 Å². The van der Waals surface area contributed by atoms with Crippen molar-refractivity contribution in [3.63, 3.8) is 0 Å².